The highest BCUT2D eigenvalue weighted by Crippen LogP contribution is 2.12. The summed E-state index contributed by atoms with van der Waals surface area (Å²) in [6.45, 7) is 1.54. The Hall–Kier alpha value is -0.560. The fourth-order valence-electron chi connectivity index (χ4n) is 0.989. The summed E-state index contributed by atoms with van der Waals surface area (Å²) < 4.78 is 12.5. The number of hydrogen-bond acceptors (Lipinski definition) is 0. The molecule has 0 aliphatic rings. The van der Waals surface area contributed by atoms with E-state index in [0.29, 0.717) is 11.4 Å². The molecule has 0 unspecified atom stereocenters. The van der Waals surface area contributed by atoms with Crippen molar-refractivity contribution < 1.29 is 4.39 Å². The highest BCUT2D eigenvalue weighted by Gasteiger charge is 1.99. The highest BCUT2D eigenvalue weighted by molar-refractivity contribution is 6.30. The first-order valence-corrected chi connectivity index (χ1v) is 3.95. The van der Waals surface area contributed by atoms with Crippen LogP contribution in [0.1, 0.15) is 12.5 Å². The van der Waals surface area contributed by atoms with E-state index in [0.717, 1.165) is 5.56 Å². The maximum absolute atomic E-state index is 12.5. The summed E-state index contributed by atoms with van der Waals surface area (Å²) in [4.78, 5) is 0. The van der Waals surface area contributed by atoms with E-state index in [9.17, 15) is 4.39 Å². The van der Waals surface area contributed by atoms with E-state index < -0.39 is 6.17 Å². The minimum Gasteiger partial charge on any atom is -0.247 e. The highest BCUT2D eigenvalue weighted by atomic mass is 35.5. The van der Waals surface area contributed by atoms with E-state index in [-0.39, 0.29) is 0 Å². The molecular weight excluding hydrogens is 163 g/mol. The summed E-state index contributed by atoms with van der Waals surface area (Å²) in [5, 5.41) is 0.670. The van der Waals surface area contributed by atoms with Crippen molar-refractivity contribution in [3.8, 4) is 0 Å². The molecule has 0 aromatic heterocycles. The van der Waals surface area contributed by atoms with Gasteiger partial charge in [-0.2, -0.15) is 0 Å². The van der Waals surface area contributed by atoms with Crippen LogP contribution in [0.4, 0.5) is 4.39 Å². The van der Waals surface area contributed by atoms with Gasteiger partial charge >= 0.3 is 0 Å². The van der Waals surface area contributed by atoms with Crippen LogP contribution in [0, 0.1) is 0 Å². The number of rotatable bonds is 2. The van der Waals surface area contributed by atoms with Gasteiger partial charge in [-0.15, -0.1) is 0 Å². The first-order chi connectivity index (χ1) is 5.18. The summed E-state index contributed by atoms with van der Waals surface area (Å²) in [6.07, 6.45) is -0.353. The van der Waals surface area contributed by atoms with Gasteiger partial charge in [-0.1, -0.05) is 23.7 Å². The molecule has 11 heavy (non-hydrogen) atoms. The number of alkyl halides is 1. The smallest absolute Gasteiger partial charge is 0.101 e. The third kappa shape index (κ3) is 2.89. The lowest BCUT2D eigenvalue weighted by atomic mass is 10.1. The Morgan fingerprint density at radius 3 is 2.82 bits per heavy atom. The van der Waals surface area contributed by atoms with Crippen LogP contribution in [0.15, 0.2) is 24.3 Å². The maximum atomic E-state index is 12.5. The third-order valence-corrected chi connectivity index (χ3v) is 1.64. The third-order valence-electron chi connectivity index (χ3n) is 1.41. The molecule has 0 nitrogen and oxygen atoms in total. The van der Waals surface area contributed by atoms with Crippen molar-refractivity contribution in [1.29, 1.82) is 0 Å². The van der Waals surface area contributed by atoms with Crippen LogP contribution in [-0.2, 0) is 6.42 Å². The van der Waals surface area contributed by atoms with Gasteiger partial charge in [0.05, 0.1) is 0 Å². The Morgan fingerprint density at radius 2 is 2.27 bits per heavy atom. The van der Waals surface area contributed by atoms with Crippen LogP contribution >= 0.6 is 11.6 Å². The molecule has 0 amide bonds. The molecule has 0 bridgehead atoms. The predicted octanol–water partition coefficient (Wildman–Crippen LogP) is 3.24. The van der Waals surface area contributed by atoms with Gasteiger partial charge in [0.15, 0.2) is 0 Å². The minimum absolute atomic E-state index is 0.445. The fourth-order valence-corrected chi connectivity index (χ4v) is 1.20. The van der Waals surface area contributed by atoms with Crippen molar-refractivity contribution in [2.24, 2.45) is 0 Å². The minimum atomic E-state index is -0.798. The van der Waals surface area contributed by atoms with E-state index in [1.54, 1.807) is 19.1 Å². The first-order valence-electron chi connectivity index (χ1n) is 3.57. The van der Waals surface area contributed by atoms with Crippen LogP contribution < -0.4 is 0 Å². The molecule has 0 aliphatic heterocycles. The normalized spacial score (nSPS) is 13.0. The quantitative estimate of drug-likeness (QED) is 0.643. The molecule has 1 atom stereocenters. The van der Waals surface area contributed by atoms with Crippen LogP contribution in [0.5, 0.6) is 0 Å². The van der Waals surface area contributed by atoms with Crippen molar-refractivity contribution >= 4 is 11.6 Å². The molecule has 1 aromatic carbocycles. The molecule has 1 rings (SSSR count). The van der Waals surface area contributed by atoms with Crippen molar-refractivity contribution in [3.05, 3.63) is 34.9 Å². The zero-order valence-electron chi connectivity index (χ0n) is 6.35. The summed E-state index contributed by atoms with van der Waals surface area (Å²) in [5.41, 5.74) is 0.951. The van der Waals surface area contributed by atoms with E-state index in [4.69, 9.17) is 11.6 Å². The molecule has 0 heterocycles. The van der Waals surface area contributed by atoms with E-state index in [1.165, 1.54) is 0 Å². The molecule has 0 N–H and O–H groups in total. The average molecular weight is 173 g/mol. The number of benzene rings is 1. The molecule has 2 heteroatoms. The Bertz CT molecular complexity index is 233. The first kappa shape index (κ1) is 8.54. The second-order valence-electron chi connectivity index (χ2n) is 2.61. The van der Waals surface area contributed by atoms with Gasteiger partial charge in [0.25, 0.3) is 0 Å². The number of halogens is 2. The predicted molar refractivity (Wildman–Crippen MR) is 45.7 cm³/mol. The van der Waals surface area contributed by atoms with Gasteiger partial charge in [-0.25, -0.2) is 4.39 Å². The van der Waals surface area contributed by atoms with Crippen LogP contribution in [0.25, 0.3) is 0 Å². The van der Waals surface area contributed by atoms with Crippen molar-refractivity contribution in [2.45, 2.75) is 19.5 Å². The maximum Gasteiger partial charge on any atom is 0.101 e. The molecule has 0 saturated heterocycles. The van der Waals surface area contributed by atoms with Crippen LogP contribution in [0.2, 0.25) is 5.02 Å². The molecule has 1 aromatic rings. The van der Waals surface area contributed by atoms with Crippen molar-refractivity contribution in [3.63, 3.8) is 0 Å². The van der Waals surface area contributed by atoms with E-state index >= 15 is 0 Å². The summed E-state index contributed by atoms with van der Waals surface area (Å²) >= 11 is 5.71. The van der Waals surface area contributed by atoms with Gasteiger partial charge in [-0.05, 0) is 24.6 Å². The second kappa shape index (κ2) is 3.72. The Balaban J connectivity index is 2.71. The topological polar surface area (TPSA) is 0 Å². The molecule has 0 saturated carbocycles. The van der Waals surface area contributed by atoms with E-state index in [1.807, 2.05) is 12.1 Å². The lowest BCUT2D eigenvalue weighted by Crippen LogP contribution is -1.97. The summed E-state index contributed by atoms with van der Waals surface area (Å²) in [5.74, 6) is 0. The standard InChI is InChI=1S/C9H10ClF/c1-7(11)5-8-3-2-4-9(10)6-8/h2-4,6-7H,5H2,1H3/t7-/m0/s1. The van der Waals surface area contributed by atoms with Gasteiger partial charge in [0, 0.05) is 11.4 Å². The Morgan fingerprint density at radius 1 is 1.55 bits per heavy atom. The van der Waals surface area contributed by atoms with Gasteiger partial charge in [0.2, 0.25) is 0 Å². The summed E-state index contributed by atoms with van der Waals surface area (Å²) in [7, 11) is 0. The SMILES string of the molecule is C[C@H](F)Cc1cccc(Cl)c1. The lowest BCUT2D eigenvalue weighted by Gasteiger charge is -2.01. The Kier molecular flexibility index (Phi) is 2.89. The van der Waals surface area contributed by atoms with Crippen LogP contribution in [0.3, 0.4) is 0 Å². The zero-order chi connectivity index (χ0) is 8.27. The van der Waals surface area contributed by atoms with Crippen molar-refractivity contribution in [2.75, 3.05) is 0 Å². The monoisotopic (exact) mass is 172 g/mol. The molecule has 0 fully saturated rings. The molecule has 0 spiro atoms. The second-order valence-corrected chi connectivity index (χ2v) is 3.05. The van der Waals surface area contributed by atoms with Crippen molar-refractivity contribution in [1.82, 2.24) is 0 Å². The largest absolute Gasteiger partial charge is 0.247 e. The lowest BCUT2D eigenvalue weighted by molar-refractivity contribution is 0.360. The van der Waals surface area contributed by atoms with Gasteiger partial charge in [-0.3, -0.25) is 0 Å². The molecule has 0 radical (unpaired) electrons. The molecule has 0 aliphatic carbocycles. The molecule has 60 valence electrons. The fraction of sp³-hybridized carbons (Fsp3) is 0.333. The summed E-state index contributed by atoms with van der Waals surface area (Å²) in [6, 6.07) is 7.29. The zero-order valence-corrected chi connectivity index (χ0v) is 7.11. The van der Waals surface area contributed by atoms with E-state index in [2.05, 4.69) is 0 Å². The average Bonchev–Trinajstić information content (AvgIpc) is 1.85. The molecular formula is C9H10ClF. The van der Waals surface area contributed by atoms with Gasteiger partial charge in [0.1, 0.15) is 6.17 Å². The Labute approximate surface area is 71.0 Å². The number of hydrogen-bond donors (Lipinski definition) is 0. The van der Waals surface area contributed by atoms with Crippen LogP contribution in [-0.4, -0.2) is 6.17 Å². The van der Waals surface area contributed by atoms with Gasteiger partial charge < -0.3 is 0 Å².